The molecule has 9 heteroatoms. The van der Waals surface area contributed by atoms with Crippen molar-refractivity contribution in [2.24, 2.45) is 0 Å². The van der Waals surface area contributed by atoms with Gasteiger partial charge >= 0.3 is 0 Å². The molecule has 0 saturated heterocycles. The first kappa shape index (κ1) is 23.1. The van der Waals surface area contributed by atoms with E-state index in [1.54, 1.807) is 19.6 Å². The molecule has 5 rings (SSSR count). The lowest BCUT2D eigenvalue weighted by Gasteiger charge is -2.29. The Morgan fingerprint density at radius 2 is 2.03 bits per heavy atom. The van der Waals surface area contributed by atoms with Crippen LogP contribution in [0.25, 0.3) is 5.69 Å². The van der Waals surface area contributed by atoms with Gasteiger partial charge in [0.15, 0.2) is 0 Å². The molecule has 2 aromatic carbocycles. The number of fused-ring (bicyclic) bond motifs is 1. The topological polar surface area (TPSA) is 77.3 Å². The van der Waals surface area contributed by atoms with E-state index in [1.165, 1.54) is 5.56 Å². The van der Waals surface area contributed by atoms with Crippen LogP contribution in [0.1, 0.15) is 29.7 Å². The molecule has 1 atom stereocenters. The molecule has 8 nitrogen and oxygen atoms in total. The summed E-state index contributed by atoms with van der Waals surface area (Å²) in [5.74, 6) is 2.11. The second-order valence-electron chi connectivity index (χ2n) is 8.34. The number of halogens is 1. The first-order valence-electron chi connectivity index (χ1n) is 11.5. The molecular weight excluding hydrogens is 464 g/mol. The maximum atomic E-state index is 6.00. The van der Waals surface area contributed by atoms with Gasteiger partial charge in [-0.25, -0.2) is 9.97 Å². The molecule has 4 aromatic rings. The van der Waals surface area contributed by atoms with E-state index < -0.39 is 0 Å². The van der Waals surface area contributed by atoms with E-state index in [-0.39, 0.29) is 5.92 Å². The Hall–Kier alpha value is -3.62. The molecule has 0 amide bonds. The summed E-state index contributed by atoms with van der Waals surface area (Å²) in [6.45, 7) is 3.99. The van der Waals surface area contributed by atoms with E-state index in [4.69, 9.17) is 31.0 Å². The number of aromatic nitrogens is 4. The number of benzene rings is 2. The summed E-state index contributed by atoms with van der Waals surface area (Å²) in [6, 6.07) is 16.2. The van der Waals surface area contributed by atoms with Crippen LogP contribution in [0.4, 0.5) is 17.5 Å². The second-order valence-corrected chi connectivity index (χ2v) is 8.73. The molecule has 2 aromatic heterocycles. The lowest BCUT2D eigenvalue weighted by Crippen LogP contribution is -2.26. The average molecular weight is 491 g/mol. The molecule has 0 saturated carbocycles. The summed E-state index contributed by atoms with van der Waals surface area (Å²) in [5, 5.41) is 3.80. The molecule has 1 aliphatic heterocycles. The van der Waals surface area contributed by atoms with E-state index in [2.05, 4.69) is 34.3 Å². The van der Waals surface area contributed by atoms with Gasteiger partial charge in [-0.15, -0.1) is 0 Å². The van der Waals surface area contributed by atoms with Gasteiger partial charge in [0.25, 0.3) is 0 Å². The fraction of sp³-hybridized carbons (Fsp3) is 0.269. The monoisotopic (exact) mass is 490 g/mol. The van der Waals surface area contributed by atoms with Crippen molar-refractivity contribution in [3.05, 3.63) is 83.0 Å². The zero-order chi connectivity index (χ0) is 24.4. The van der Waals surface area contributed by atoms with Crippen molar-refractivity contribution in [3.63, 3.8) is 0 Å². The standard InChI is InChI=1S/C26H27ClN6O2/c1-4-32(2)25-20-15-35-14-19(17-8-6-5-7-9-17)24(20)30-26(31-25)29-18-10-11-21(22(12-18)34-3)33-13-23(27)28-16-33/h5-13,16,19H,4,14-15H2,1-3H3,(H,29,30,31)/t19-/m0/s1. The third-order valence-corrected chi connectivity index (χ3v) is 6.38. The van der Waals surface area contributed by atoms with Crippen molar-refractivity contribution in [2.75, 3.05) is 37.5 Å². The first-order chi connectivity index (χ1) is 17.1. The number of nitrogens with one attached hydrogen (secondary N) is 1. The van der Waals surface area contributed by atoms with Crippen LogP contribution in [0.5, 0.6) is 5.75 Å². The molecule has 3 heterocycles. The fourth-order valence-electron chi connectivity index (χ4n) is 4.26. The minimum atomic E-state index is 0.0374. The number of anilines is 3. The van der Waals surface area contributed by atoms with Gasteiger partial charge in [0.1, 0.15) is 23.0 Å². The molecule has 0 radical (unpaired) electrons. The second kappa shape index (κ2) is 9.93. The number of hydrogen-bond donors (Lipinski definition) is 1. The Morgan fingerprint density at radius 3 is 2.74 bits per heavy atom. The quantitative estimate of drug-likeness (QED) is 0.382. The van der Waals surface area contributed by atoms with E-state index >= 15 is 0 Å². The van der Waals surface area contributed by atoms with Crippen molar-refractivity contribution in [1.29, 1.82) is 0 Å². The zero-order valence-electron chi connectivity index (χ0n) is 19.9. The van der Waals surface area contributed by atoms with Crippen molar-refractivity contribution < 1.29 is 9.47 Å². The summed E-state index contributed by atoms with van der Waals surface area (Å²) < 4.78 is 13.4. The first-order valence-corrected chi connectivity index (χ1v) is 11.8. The number of hydrogen-bond acceptors (Lipinski definition) is 7. The molecule has 0 bridgehead atoms. The van der Waals surface area contributed by atoms with Gasteiger partial charge in [0, 0.05) is 37.1 Å². The molecule has 0 fully saturated rings. The van der Waals surface area contributed by atoms with Crippen LogP contribution < -0.4 is 15.0 Å². The Bertz CT molecular complexity index is 1330. The van der Waals surface area contributed by atoms with Gasteiger partial charge in [-0.1, -0.05) is 41.9 Å². The van der Waals surface area contributed by atoms with Crippen LogP contribution in [0, 0.1) is 0 Å². The van der Waals surface area contributed by atoms with E-state index in [0.717, 1.165) is 35.0 Å². The van der Waals surface area contributed by atoms with Gasteiger partial charge in [-0.2, -0.15) is 4.98 Å². The van der Waals surface area contributed by atoms with Gasteiger partial charge in [-0.3, -0.25) is 0 Å². The number of methoxy groups -OCH3 is 1. The summed E-state index contributed by atoms with van der Waals surface area (Å²) in [5.41, 5.74) is 4.84. The van der Waals surface area contributed by atoms with E-state index in [0.29, 0.717) is 30.1 Å². The maximum Gasteiger partial charge on any atom is 0.229 e. The Kier molecular flexibility index (Phi) is 6.57. The van der Waals surface area contributed by atoms with Crippen molar-refractivity contribution in [2.45, 2.75) is 19.4 Å². The van der Waals surface area contributed by atoms with E-state index in [1.807, 2.05) is 48.0 Å². The summed E-state index contributed by atoms with van der Waals surface area (Å²) in [4.78, 5) is 16.1. The van der Waals surface area contributed by atoms with Gasteiger partial charge < -0.3 is 24.3 Å². The van der Waals surface area contributed by atoms with Crippen molar-refractivity contribution in [1.82, 2.24) is 19.5 Å². The van der Waals surface area contributed by atoms with Crippen LogP contribution in [0.15, 0.2) is 61.1 Å². The summed E-state index contributed by atoms with van der Waals surface area (Å²) >= 11 is 6.00. The number of rotatable bonds is 7. The Balaban J connectivity index is 1.54. The van der Waals surface area contributed by atoms with Gasteiger partial charge in [0.2, 0.25) is 5.95 Å². The number of ether oxygens (including phenoxy) is 2. The smallest absolute Gasteiger partial charge is 0.229 e. The Labute approximate surface area is 209 Å². The predicted octanol–water partition coefficient (Wildman–Crippen LogP) is 5.19. The highest BCUT2D eigenvalue weighted by atomic mass is 35.5. The predicted molar refractivity (Wildman–Crippen MR) is 137 cm³/mol. The molecule has 35 heavy (non-hydrogen) atoms. The molecule has 0 spiro atoms. The van der Waals surface area contributed by atoms with Gasteiger partial charge in [0.05, 0.1) is 37.6 Å². The minimum absolute atomic E-state index is 0.0374. The fourth-order valence-corrected chi connectivity index (χ4v) is 4.41. The van der Waals surface area contributed by atoms with E-state index in [9.17, 15) is 0 Å². The van der Waals surface area contributed by atoms with Gasteiger partial charge in [-0.05, 0) is 24.6 Å². The van der Waals surface area contributed by atoms with Crippen LogP contribution in [0.3, 0.4) is 0 Å². The molecule has 1 N–H and O–H groups in total. The van der Waals surface area contributed by atoms with Crippen LogP contribution in [-0.2, 0) is 11.3 Å². The average Bonchev–Trinajstić information content (AvgIpc) is 3.33. The largest absolute Gasteiger partial charge is 0.494 e. The molecule has 1 aliphatic rings. The van der Waals surface area contributed by atoms with Crippen LogP contribution >= 0.6 is 11.6 Å². The Morgan fingerprint density at radius 1 is 1.20 bits per heavy atom. The van der Waals surface area contributed by atoms with Crippen molar-refractivity contribution >= 4 is 29.1 Å². The molecule has 180 valence electrons. The third-order valence-electron chi connectivity index (χ3n) is 6.18. The third kappa shape index (κ3) is 4.67. The molecule has 0 unspecified atom stereocenters. The number of imidazole rings is 1. The minimum Gasteiger partial charge on any atom is -0.494 e. The van der Waals surface area contributed by atoms with Crippen LogP contribution in [0.2, 0.25) is 5.15 Å². The van der Waals surface area contributed by atoms with Crippen LogP contribution in [-0.4, -0.2) is 46.8 Å². The highest BCUT2D eigenvalue weighted by Crippen LogP contribution is 2.36. The SMILES string of the molecule is CCN(C)c1nc(Nc2ccc(-n3cnc(Cl)c3)c(OC)c2)nc2c1COC[C@H]2c1ccccc1. The van der Waals surface area contributed by atoms with Crippen molar-refractivity contribution in [3.8, 4) is 11.4 Å². The lowest BCUT2D eigenvalue weighted by molar-refractivity contribution is 0.0977. The lowest BCUT2D eigenvalue weighted by atomic mass is 9.91. The molecular formula is C26H27ClN6O2. The summed E-state index contributed by atoms with van der Waals surface area (Å²) in [6.07, 6.45) is 3.39. The maximum absolute atomic E-state index is 6.00. The normalized spacial score (nSPS) is 14.9. The zero-order valence-corrected chi connectivity index (χ0v) is 20.7. The summed E-state index contributed by atoms with van der Waals surface area (Å²) in [7, 11) is 3.67. The highest BCUT2D eigenvalue weighted by Gasteiger charge is 2.29. The molecule has 0 aliphatic carbocycles. The highest BCUT2D eigenvalue weighted by molar-refractivity contribution is 6.29. The number of nitrogens with zero attached hydrogens (tertiary/aromatic N) is 5.